The third kappa shape index (κ3) is 6.35. The van der Waals surface area contributed by atoms with E-state index in [0.717, 1.165) is 25.3 Å². The molecule has 1 amide bonds. The Morgan fingerprint density at radius 1 is 1.10 bits per heavy atom. The summed E-state index contributed by atoms with van der Waals surface area (Å²) in [4.78, 5) is 15.9. The van der Waals surface area contributed by atoms with Crippen LogP contribution < -0.4 is 4.74 Å². The van der Waals surface area contributed by atoms with Crippen LogP contribution in [0.2, 0.25) is 0 Å². The number of nitrogens with zero attached hydrogens (tertiary/aromatic N) is 2. The molecule has 1 aromatic rings. The van der Waals surface area contributed by atoms with Gasteiger partial charge in [-0.3, -0.25) is 9.69 Å². The van der Waals surface area contributed by atoms with Gasteiger partial charge in [-0.25, -0.2) is 4.39 Å². The first kappa shape index (κ1) is 23.8. The van der Waals surface area contributed by atoms with Crippen molar-refractivity contribution < 1.29 is 33.3 Å². The highest BCUT2D eigenvalue weighted by Gasteiger charge is 2.40. The lowest BCUT2D eigenvalue weighted by Gasteiger charge is -2.38. The topological polar surface area (TPSA) is 82.5 Å². The van der Waals surface area contributed by atoms with E-state index in [0.29, 0.717) is 32.5 Å². The molecule has 1 heterocycles. The molecule has 1 atom stereocenters. The standard InChI is InChI=1S/C22H32F2N2O5/c1-30-12-19(27)26-11-10-25(13-21(28)8-3-2-4-9-21)14-22(29,15-26)16-31-18-7-5-6-17(23)20(18)24/h5-7,28-29H,2-4,8-16H2,1H3/t22-/m0/s1. The lowest BCUT2D eigenvalue weighted by Crippen LogP contribution is -2.54. The highest BCUT2D eigenvalue weighted by atomic mass is 19.2. The Labute approximate surface area is 181 Å². The zero-order valence-corrected chi connectivity index (χ0v) is 18.0. The Bertz CT molecular complexity index is 759. The van der Waals surface area contributed by atoms with Crippen LogP contribution in [0.15, 0.2) is 18.2 Å². The number of hydrogen-bond donors (Lipinski definition) is 2. The van der Waals surface area contributed by atoms with Gasteiger partial charge >= 0.3 is 0 Å². The van der Waals surface area contributed by atoms with Crippen LogP contribution in [-0.2, 0) is 9.53 Å². The second-order valence-corrected chi connectivity index (χ2v) is 8.81. The molecule has 7 nitrogen and oxygen atoms in total. The van der Waals surface area contributed by atoms with Crippen LogP contribution in [0, 0.1) is 11.6 Å². The van der Waals surface area contributed by atoms with E-state index < -0.39 is 22.8 Å². The number of methoxy groups -OCH3 is 1. The summed E-state index contributed by atoms with van der Waals surface area (Å²) in [6.07, 6.45) is 4.39. The summed E-state index contributed by atoms with van der Waals surface area (Å²) < 4.78 is 37.9. The average molecular weight is 443 g/mol. The van der Waals surface area contributed by atoms with Crippen molar-refractivity contribution in [3.63, 3.8) is 0 Å². The van der Waals surface area contributed by atoms with Crippen molar-refractivity contribution in [3.8, 4) is 5.75 Å². The van der Waals surface area contributed by atoms with Gasteiger partial charge in [-0.15, -0.1) is 0 Å². The predicted octanol–water partition coefficient (Wildman–Crippen LogP) is 1.56. The molecule has 1 aliphatic heterocycles. The number of amides is 1. The van der Waals surface area contributed by atoms with E-state index in [1.165, 1.54) is 24.1 Å². The molecule has 9 heteroatoms. The molecule has 0 spiro atoms. The lowest BCUT2D eigenvalue weighted by molar-refractivity contribution is -0.138. The molecular formula is C22H32F2N2O5. The Morgan fingerprint density at radius 3 is 2.55 bits per heavy atom. The molecule has 2 aliphatic rings. The third-order valence-corrected chi connectivity index (χ3v) is 6.02. The predicted molar refractivity (Wildman–Crippen MR) is 110 cm³/mol. The van der Waals surface area contributed by atoms with Crippen molar-refractivity contribution in [2.24, 2.45) is 0 Å². The van der Waals surface area contributed by atoms with Gasteiger partial charge in [0, 0.05) is 33.3 Å². The number of ether oxygens (including phenoxy) is 2. The van der Waals surface area contributed by atoms with Gasteiger partial charge in [-0.1, -0.05) is 25.3 Å². The summed E-state index contributed by atoms with van der Waals surface area (Å²) in [5.74, 6) is -2.75. The van der Waals surface area contributed by atoms with Crippen molar-refractivity contribution in [1.29, 1.82) is 0 Å². The van der Waals surface area contributed by atoms with Gasteiger partial charge in [-0.05, 0) is 25.0 Å². The molecule has 0 unspecified atom stereocenters. The summed E-state index contributed by atoms with van der Waals surface area (Å²) in [6, 6.07) is 3.60. The van der Waals surface area contributed by atoms with Crippen molar-refractivity contribution in [2.75, 3.05) is 53.0 Å². The van der Waals surface area contributed by atoms with Crippen LogP contribution >= 0.6 is 0 Å². The normalized spacial score (nSPS) is 24.6. The van der Waals surface area contributed by atoms with Gasteiger partial charge in [0.15, 0.2) is 11.6 Å². The average Bonchev–Trinajstić information content (AvgIpc) is 2.88. The Hall–Kier alpha value is -1.81. The van der Waals surface area contributed by atoms with Crippen molar-refractivity contribution >= 4 is 5.91 Å². The molecular weight excluding hydrogens is 410 g/mol. The number of carbonyl (C=O) groups is 1. The minimum atomic E-state index is -1.54. The molecule has 0 aromatic heterocycles. The second kappa shape index (κ2) is 10.2. The van der Waals surface area contributed by atoms with Gasteiger partial charge in [-0.2, -0.15) is 4.39 Å². The molecule has 1 saturated heterocycles. The van der Waals surface area contributed by atoms with Crippen LogP contribution in [0.4, 0.5) is 8.78 Å². The van der Waals surface area contributed by atoms with E-state index in [4.69, 9.17) is 9.47 Å². The highest BCUT2D eigenvalue weighted by Crippen LogP contribution is 2.30. The van der Waals surface area contributed by atoms with E-state index in [-0.39, 0.29) is 38.0 Å². The molecule has 31 heavy (non-hydrogen) atoms. The fraction of sp³-hybridized carbons (Fsp3) is 0.682. The molecule has 174 valence electrons. The number of benzene rings is 1. The third-order valence-electron chi connectivity index (χ3n) is 6.02. The number of aliphatic hydroxyl groups is 2. The molecule has 3 rings (SSSR count). The van der Waals surface area contributed by atoms with E-state index in [9.17, 15) is 23.8 Å². The Kier molecular flexibility index (Phi) is 7.85. The fourth-order valence-electron chi connectivity index (χ4n) is 4.49. The maximum Gasteiger partial charge on any atom is 0.248 e. The Balaban J connectivity index is 1.75. The summed E-state index contributed by atoms with van der Waals surface area (Å²) in [6.45, 7) is 0.821. The first-order valence-corrected chi connectivity index (χ1v) is 10.7. The van der Waals surface area contributed by atoms with E-state index in [1.54, 1.807) is 0 Å². The van der Waals surface area contributed by atoms with Crippen molar-refractivity contribution in [2.45, 2.75) is 43.3 Å². The first-order chi connectivity index (χ1) is 14.7. The minimum absolute atomic E-state index is 0.0406. The molecule has 0 radical (unpaired) electrons. The highest BCUT2D eigenvalue weighted by molar-refractivity contribution is 5.77. The molecule has 0 bridgehead atoms. The minimum Gasteiger partial charge on any atom is -0.487 e. The van der Waals surface area contributed by atoms with Gasteiger partial charge < -0.3 is 24.6 Å². The van der Waals surface area contributed by atoms with E-state index in [1.807, 2.05) is 4.90 Å². The SMILES string of the molecule is COCC(=O)N1CCN(CC2(O)CCCCC2)C[C@@](O)(COc2cccc(F)c2F)C1. The van der Waals surface area contributed by atoms with Gasteiger partial charge in [0.25, 0.3) is 0 Å². The largest absolute Gasteiger partial charge is 0.487 e. The quantitative estimate of drug-likeness (QED) is 0.667. The monoisotopic (exact) mass is 442 g/mol. The molecule has 2 N–H and O–H groups in total. The molecule has 1 saturated carbocycles. The first-order valence-electron chi connectivity index (χ1n) is 10.7. The summed E-state index contributed by atoms with van der Waals surface area (Å²) in [7, 11) is 1.42. The van der Waals surface area contributed by atoms with Gasteiger partial charge in [0.2, 0.25) is 11.7 Å². The van der Waals surface area contributed by atoms with Crippen molar-refractivity contribution in [1.82, 2.24) is 9.80 Å². The number of halogens is 2. The Morgan fingerprint density at radius 2 is 1.84 bits per heavy atom. The smallest absolute Gasteiger partial charge is 0.248 e. The number of carbonyl (C=O) groups excluding carboxylic acids is 1. The van der Waals surface area contributed by atoms with Crippen LogP contribution in [0.3, 0.4) is 0 Å². The number of rotatable bonds is 7. The van der Waals surface area contributed by atoms with Crippen LogP contribution in [0.1, 0.15) is 32.1 Å². The molecule has 1 aromatic carbocycles. The van der Waals surface area contributed by atoms with Crippen LogP contribution in [0.25, 0.3) is 0 Å². The lowest BCUT2D eigenvalue weighted by atomic mass is 9.84. The van der Waals surface area contributed by atoms with E-state index in [2.05, 4.69) is 0 Å². The fourth-order valence-corrected chi connectivity index (χ4v) is 4.49. The van der Waals surface area contributed by atoms with E-state index >= 15 is 0 Å². The van der Waals surface area contributed by atoms with Gasteiger partial charge in [0.1, 0.15) is 18.8 Å². The van der Waals surface area contributed by atoms with Crippen LogP contribution in [0.5, 0.6) is 5.75 Å². The zero-order chi connectivity index (χ0) is 22.5. The summed E-state index contributed by atoms with van der Waals surface area (Å²) in [5.41, 5.74) is -2.37. The second-order valence-electron chi connectivity index (χ2n) is 8.81. The van der Waals surface area contributed by atoms with Gasteiger partial charge in [0.05, 0.1) is 12.1 Å². The molecule has 2 fully saturated rings. The maximum atomic E-state index is 14.0. The number of β-amino-alcohol motifs (C(OH)–C–C–N with tert-alkyl or cyclic N) is 2. The zero-order valence-electron chi connectivity index (χ0n) is 18.0. The number of hydrogen-bond acceptors (Lipinski definition) is 6. The van der Waals surface area contributed by atoms with Crippen molar-refractivity contribution in [3.05, 3.63) is 29.8 Å². The summed E-state index contributed by atoms with van der Waals surface area (Å²) in [5, 5.41) is 22.3. The summed E-state index contributed by atoms with van der Waals surface area (Å²) >= 11 is 0. The van der Waals surface area contributed by atoms with Crippen LogP contribution in [-0.4, -0.2) is 90.2 Å². The maximum absolute atomic E-state index is 14.0. The molecule has 1 aliphatic carbocycles.